The molecule has 0 fully saturated rings. The van der Waals surface area contributed by atoms with Gasteiger partial charge in [-0.15, -0.1) is 0 Å². The van der Waals surface area contributed by atoms with E-state index in [1.54, 1.807) is 0 Å². The van der Waals surface area contributed by atoms with Gasteiger partial charge in [0.1, 0.15) is 5.82 Å². The van der Waals surface area contributed by atoms with Crippen LogP contribution in [0.5, 0.6) is 0 Å². The van der Waals surface area contributed by atoms with E-state index in [1.807, 2.05) is 18.5 Å². The molecule has 10 rings (SSSR count). The van der Waals surface area contributed by atoms with Crippen molar-refractivity contribution in [1.82, 2.24) is 19.5 Å². The second-order valence-electron chi connectivity index (χ2n) is 12.4. The Hall–Kier alpha value is -6.65. The maximum Gasteiger partial charge on any atom is 0.138 e. The second kappa shape index (κ2) is 11.0. The van der Waals surface area contributed by atoms with Gasteiger partial charge >= 0.3 is 0 Å². The Bertz CT molecular complexity index is 2790. The van der Waals surface area contributed by atoms with Gasteiger partial charge in [-0.25, -0.2) is 9.97 Å². The van der Waals surface area contributed by atoms with Gasteiger partial charge in [0.2, 0.25) is 0 Å². The van der Waals surface area contributed by atoms with Crippen molar-refractivity contribution in [3.05, 3.63) is 170 Å². The second-order valence-corrected chi connectivity index (χ2v) is 12.4. The van der Waals surface area contributed by atoms with Crippen molar-refractivity contribution < 1.29 is 0 Å². The fraction of sp³-hybridized carbons (Fsp3) is 0. The van der Waals surface area contributed by atoms with E-state index in [2.05, 4.69) is 161 Å². The molecule has 0 unspecified atom stereocenters. The van der Waals surface area contributed by atoms with Crippen molar-refractivity contribution in [2.75, 3.05) is 0 Å². The van der Waals surface area contributed by atoms with E-state index in [9.17, 15) is 0 Å². The van der Waals surface area contributed by atoms with Crippen molar-refractivity contribution in [2.24, 2.45) is 0 Å². The number of fused-ring (bicyclic) bond motifs is 6. The first-order valence-corrected chi connectivity index (χ1v) is 16.5. The fourth-order valence-corrected chi connectivity index (χ4v) is 7.61. The summed E-state index contributed by atoms with van der Waals surface area (Å²) in [4.78, 5) is 14.9. The normalized spacial score (nSPS) is 11.7. The van der Waals surface area contributed by atoms with Gasteiger partial charge < -0.3 is 0 Å². The molecule has 4 heteroatoms. The fourth-order valence-electron chi connectivity index (χ4n) is 7.61. The smallest absolute Gasteiger partial charge is 0.138 e. The lowest BCUT2D eigenvalue weighted by Crippen LogP contribution is -1.99. The van der Waals surface area contributed by atoms with Crippen molar-refractivity contribution >= 4 is 54.1 Å². The zero-order valence-corrected chi connectivity index (χ0v) is 26.5. The molecule has 0 bridgehead atoms. The highest BCUT2D eigenvalue weighted by atomic mass is 15.1. The van der Waals surface area contributed by atoms with Gasteiger partial charge in [0.15, 0.2) is 0 Å². The molecule has 0 aliphatic heterocycles. The summed E-state index contributed by atoms with van der Waals surface area (Å²) in [5, 5.41) is 9.52. The Morgan fingerprint density at radius 3 is 1.69 bits per heavy atom. The maximum atomic E-state index is 5.33. The molecule has 0 aliphatic rings. The first-order chi connectivity index (χ1) is 24.3. The zero-order valence-electron chi connectivity index (χ0n) is 26.5. The van der Waals surface area contributed by atoms with Crippen LogP contribution in [0.25, 0.3) is 93.7 Å². The predicted octanol–water partition coefficient (Wildman–Crippen LogP) is 11.4. The van der Waals surface area contributed by atoms with Gasteiger partial charge in [-0.2, -0.15) is 0 Å². The van der Waals surface area contributed by atoms with Gasteiger partial charge in [0, 0.05) is 28.7 Å². The average Bonchev–Trinajstić information content (AvgIpc) is 3.51. The molecule has 6 aromatic carbocycles. The van der Waals surface area contributed by atoms with E-state index in [1.165, 1.54) is 43.4 Å². The van der Waals surface area contributed by atoms with Crippen molar-refractivity contribution in [1.29, 1.82) is 0 Å². The Balaban J connectivity index is 1.18. The summed E-state index contributed by atoms with van der Waals surface area (Å²) in [6.07, 6.45) is 3.77. The molecule has 0 saturated heterocycles. The minimum absolute atomic E-state index is 0.820. The topological polar surface area (TPSA) is 43.6 Å². The van der Waals surface area contributed by atoms with Crippen LogP contribution in [-0.2, 0) is 0 Å². The van der Waals surface area contributed by atoms with Crippen LogP contribution in [0.15, 0.2) is 170 Å². The molecule has 49 heavy (non-hydrogen) atoms. The standard InChI is InChI=1S/C45H28N4/c1-2-14-30-29(12-1)13-9-20-32(30)44-33-16-3-5-18-35(33)45(36-19-6-4-17-34(36)44)40-23-10-21-38(47-40)39-22-11-25-43(48-39)49-41-24-8-7-15-31(41)37-28-46-27-26-42(37)49/h1-28H. The molecule has 10 aromatic rings. The summed E-state index contributed by atoms with van der Waals surface area (Å²) in [6.45, 7) is 0. The highest BCUT2D eigenvalue weighted by Crippen LogP contribution is 2.45. The summed E-state index contributed by atoms with van der Waals surface area (Å²) in [7, 11) is 0. The molecule has 0 atom stereocenters. The largest absolute Gasteiger partial charge is 0.294 e. The number of hydrogen-bond acceptors (Lipinski definition) is 3. The van der Waals surface area contributed by atoms with E-state index in [0.29, 0.717) is 0 Å². The molecular formula is C45H28N4. The third-order valence-corrected chi connectivity index (χ3v) is 9.70. The lowest BCUT2D eigenvalue weighted by Gasteiger charge is -2.18. The number of nitrogens with zero attached hydrogens (tertiary/aromatic N) is 4. The van der Waals surface area contributed by atoms with Crippen molar-refractivity contribution in [2.45, 2.75) is 0 Å². The highest BCUT2D eigenvalue weighted by Gasteiger charge is 2.19. The number of rotatable bonds is 4. The Morgan fingerprint density at radius 2 is 0.918 bits per heavy atom. The molecule has 4 aromatic heterocycles. The minimum atomic E-state index is 0.820. The monoisotopic (exact) mass is 624 g/mol. The average molecular weight is 625 g/mol. The van der Waals surface area contributed by atoms with E-state index in [0.717, 1.165) is 50.3 Å². The van der Waals surface area contributed by atoms with Crippen LogP contribution >= 0.6 is 0 Å². The minimum Gasteiger partial charge on any atom is -0.294 e. The summed E-state index contributed by atoms with van der Waals surface area (Å²) in [5.74, 6) is 0.845. The summed E-state index contributed by atoms with van der Waals surface area (Å²) in [6, 6.07) is 55.7. The maximum absolute atomic E-state index is 5.33. The number of benzene rings is 6. The van der Waals surface area contributed by atoms with Gasteiger partial charge in [0.05, 0.1) is 28.1 Å². The predicted molar refractivity (Wildman–Crippen MR) is 203 cm³/mol. The summed E-state index contributed by atoms with van der Waals surface area (Å²) < 4.78 is 2.22. The lowest BCUT2D eigenvalue weighted by atomic mass is 9.85. The molecule has 0 N–H and O–H groups in total. The molecule has 0 aliphatic carbocycles. The Labute approximate surface area is 282 Å². The summed E-state index contributed by atoms with van der Waals surface area (Å²) >= 11 is 0. The molecule has 228 valence electrons. The van der Waals surface area contributed by atoms with Crippen LogP contribution in [0.4, 0.5) is 0 Å². The first kappa shape index (κ1) is 27.5. The molecule has 0 radical (unpaired) electrons. The Morgan fingerprint density at radius 1 is 0.367 bits per heavy atom. The van der Waals surface area contributed by atoms with E-state index < -0.39 is 0 Å². The molecule has 4 nitrogen and oxygen atoms in total. The van der Waals surface area contributed by atoms with Crippen molar-refractivity contribution in [3.63, 3.8) is 0 Å². The van der Waals surface area contributed by atoms with E-state index in [4.69, 9.17) is 9.97 Å². The van der Waals surface area contributed by atoms with Crippen LogP contribution in [0.1, 0.15) is 0 Å². The van der Waals surface area contributed by atoms with Crippen LogP contribution < -0.4 is 0 Å². The number of hydrogen-bond donors (Lipinski definition) is 0. The van der Waals surface area contributed by atoms with Crippen molar-refractivity contribution in [3.8, 4) is 39.6 Å². The van der Waals surface area contributed by atoms with E-state index in [-0.39, 0.29) is 0 Å². The van der Waals surface area contributed by atoms with Crippen LogP contribution in [0.3, 0.4) is 0 Å². The van der Waals surface area contributed by atoms with Crippen LogP contribution in [0.2, 0.25) is 0 Å². The number of pyridine rings is 3. The number of para-hydroxylation sites is 1. The Kier molecular flexibility index (Phi) is 6.15. The third kappa shape index (κ3) is 4.28. The highest BCUT2D eigenvalue weighted by molar-refractivity contribution is 6.23. The van der Waals surface area contributed by atoms with Gasteiger partial charge in [-0.3, -0.25) is 9.55 Å². The molecule has 0 spiro atoms. The number of aromatic nitrogens is 4. The van der Waals surface area contributed by atoms with Gasteiger partial charge in [-0.1, -0.05) is 121 Å². The zero-order chi connectivity index (χ0) is 32.3. The first-order valence-electron chi connectivity index (χ1n) is 16.5. The third-order valence-electron chi connectivity index (χ3n) is 9.70. The molecular weight excluding hydrogens is 597 g/mol. The quantitative estimate of drug-likeness (QED) is 0.183. The molecule has 0 amide bonds. The van der Waals surface area contributed by atoms with Crippen LogP contribution in [0, 0.1) is 0 Å². The van der Waals surface area contributed by atoms with Gasteiger partial charge in [0.25, 0.3) is 0 Å². The lowest BCUT2D eigenvalue weighted by molar-refractivity contribution is 1.08. The molecule has 4 heterocycles. The molecule has 0 saturated carbocycles. The van der Waals surface area contributed by atoms with Crippen LogP contribution in [-0.4, -0.2) is 19.5 Å². The van der Waals surface area contributed by atoms with Gasteiger partial charge in [-0.05, 0) is 79.8 Å². The van der Waals surface area contributed by atoms with E-state index >= 15 is 0 Å². The summed E-state index contributed by atoms with van der Waals surface area (Å²) in [5.41, 5.74) is 8.35. The SMILES string of the molecule is c1cc(-c2cccc(-n3c4ccccc4c4cnccc43)n2)nc(-c2c3ccccc3c(-c3cccc4ccccc34)c3ccccc23)c1.